The number of H-pyrrole nitrogens is 1. The van der Waals surface area contributed by atoms with Crippen LogP contribution in [0.2, 0.25) is 0 Å². The van der Waals surface area contributed by atoms with Gasteiger partial charge in [-0.15, -0.1) is 0 Å². The minimum atomic E-state index is 0.00366. The summed E-state index contributed by atoms with van der Waals surface area (Å²) in [4.78, 5) is 26.8. The Balaban J connectivity index is 1.42. The van der Waals surface area contributed by atoms with Crippen molar-refractivity contribution in [2.24, 2.45) is 5.92 Å². The molecule has 1 atom stereocenters. The van der Waals surface area contributed by atoms with Crippen LogP contribution in [-0.4, -0.2) is 37.4 Å². The number of rotatable bonds is 4. The molecule has 0 radical (unpaired) electrons. The monoisotopic (exact) mass is 349 g/mol. The second-order valence-corrected chi connectivity index (χ2v) is 6.95. The summed E-state index contributed by atoms with van der Waals surface area (Å²) < 4.78 is 2.17. The van der Waals surface area contributed by atoms with E-state index >= 15 is 0 Å². The second-order valence-electron chi connectivity index (χ2n) is 6.95. The molecule has 26 heavy (non-hydrogen) atoms. The molecule has 0 aliphatic carbocycles. The number of carbonyl (C=O) groups excluding carboxylic acids is 1. The van der Waals surface area contributed by atoms with Crippen LogP contribution in [-0.2, 0) is 24.3 Å². The van der Waals surface area contributed by atoms with Gasteiger partial charge < -0.3 is 14.5 Å². The third-order valence-electron chi connectivity index (χ3n) is 5.12. The fraction of sp³-hybridized carbons (Fsp3) is 0.350. The van der Waals surface area contributed by atoms with Gasteiger partial charge in [-0.3, -0.25) is 4.79 Å². The van der Waals surface area contributed by atoms with E-state index in [2.05, 4.69) is 19.5 Å². The first-order valence-corrected chi connectivity index (χ1v) is 8.97. The topological polar surface area (TPSA) is 66.8 Å². The van der Waals surface area contributed by atoms with Gasteiger partial charge in [0, 0.05) is 25.5 Å². The third kappa shape index (κ3) is 3.14. The predicted octanol–water partition coefficient (Wildman–Crippen LogP) is 2.80. The Morgan fingerprint density at radius 3 is 2.88 bits per heavy atom. The Morgan fingerprint density at radius 2 is 2.08 bits per heavy atom. The van der Waals surface area contributed by atoms with Crippen LogP contribution in [0.4, 0.5) is 0 Å². The van der Waals surface area contributed by atoms with Crippen LogP contribution in [0.5, 0.6) is 0 Å². The van der Waals surface area contributed by atoms with Gasteiger partial charge in [0.2, 0.25) is 5.91 Å². The molecule has 3 aromatic rings. The maximum atomic E-state index is 12.9. The number of aromatic nitrogens is 4. The second kappa shape index (κ2) is 6.78. The lowest BCUT2D eigenvalue weighted by atomic mass is 9.96. The van der Waals surface area contributed by atoms with Crippen molar-refractivity contribution in [3.05, 3.63) is 60.1 Å². The third-order valence-corrected chi connectivity index (χ3v) is 5.12. The van der Waals surface area contributed by atoms with E-state index in [1.165, 1.54) is 5.69 Å². The first-order chi connectivity index (χ1) is 12.6. The molecule has 0 saturated heterocycles. The first kappa shape index (κ1) is 16.6. The number of fused-ring (bicyclic) bond motifs is 1. The molecule has 1 aromatic carbocycles. The van der Waals surface area contributed by atoms with Crippen molar-refractivity contribution < 1.29 is 4.79 Å². The van der Waals surface area contributed by atoms with Gasteiger partial charge >= 0.3 is 0 Å². The zero-order valence-corrected chi connectivity index (χ0v) is 15.1. The summed E-state index contributed by atoms with van der Waals surface area (Å²) in [6, 6.07) is 10.1. The van der Waals surface area contributed by atoms with Crippen LogP contribution in [0.25, 0.3) is 11.3 Å². The van der Waals surface area contributed by atoms with Gasteiger partial charge in [0.1, 0.15) is 11.6 Å². The van der Waals surface area contributed by atoms with Gasteiger partial charge in [-0.1, -0.05) is 30.3 Å². The number of benzene rings is 1. The van der Waals surface area contributed by atoms with Crippen molar-refractivity contribution >= 4 is 5.91 Å². The predicted molar refractivity (Wildman–Crippen MR) is 99.3 cm³/mol. The number of aromatic amines is 1. The molecule has 1 amide bonds. The van der Waals surface area contributed by atoms with Crippen LogP contribution < -0.4 is 0 Å². The molecule has 4 rings (SSSR count). The maximum absolute atomic E-state index is 12.9. The molecule has 134 valence electrons. The number of hydrogen-bond acceptors (Lipinski definition) is 3. The van der Waals surface area contributed by atoms with E-state index in [0.717, 1.165) is 42.3 Å². The molecule has 0 bridgehead atoms. The van der Waals surface area contributed by atoms with Crippen molar-refractivity contribution in [1.29, 1.82) is 0 Å². The van der Waals surface area contributed by atoms with E-state index in [1.54, 1.807) is 4.90 Å². The van der Waals surface area contributed by atoms with Crippen molar-refractivity contribution in [2.75, 3.05) is 7.05 Å². The molecule has 3 heterocycles. The van der Waals surface area contributed by atoms with E-state index < -0.39 is 0 Å². The molecule has 1 aliphatic heterocycles. The van der Waals surface area contributed by atoms with Crippen LogP contribution in [0, 0.1) is 12.8 Å². The van der Waals surface area contributed by atoms with E-state index in [9.17, 15) is 4.79 Å². The van der Waals surface area contributed by atoms with E-state index in [-0.39, 0.29) is 11.8 Å². The zero-order chi connectivity index (χ0) is 18.1. The summed E-state index contributed by atoms with van der Waals surface area (Å²) in [6.45, 7) is 3.20. The molecule has 0 spiro atoms. The molecule has 6 nitrogen and oxygen atoms in total. The van der Waals surface area contributed by atoms with Crippen LogP contribution >= 0.6 is 0 Å². The smallest absolute Gasteiger partial charge is 0.227 e. The highest BCUT2D eigenvalue weighted by molar-refractivity contribution is 5.78. The van der Waals surface area contributed by atoms with Crippen molar-refractivity contribution in [1.82, 2.24) is 24.4 Å². The fourth-order valence-corrected chi connectivity index (χ4v) is 3.62. The molecular formula is C20H23N5O. The van der Waals surface area contributed by atoms with Crippen LogP contribution in [0.3, 0.4) is 0 Å². The normalized spacial score (nSPS) is 16.3. The molecule has 0 fully saturated rings. The standard InChI is InChI=1S/C20H23N5O/c1-14-21-10-17-9-8-16(12-25(14)17)20(26)24(2)13-19-22-11-18(23-19)15-6-4-3-5-7-15/h3-7,10-11,16H,8-9,12-13H2,1-2H3,(H,22,23). The lowest BCUT2D eigenvalue weighted by Crippen LogP contribution is -2.37. The number of carbonyl (C=O) groups is 1. The SMILES string of the molecule is Cc1ncc2n1CC(C(=O)N(C)Cc1ncc(-c3ccccc3)[nH]1)CC2. The van der Waals surface area contributed by atoms with E-state index in [0.29, 0.717) is 6.54 Å². The lowest BCUT2D eigenvalue weighted by Gasteiger charge is -2.28. The first-order valence-electron chi connectivity index (χ1n) is 8.97. The summed E-state index contributed by atoms with van der Waals surface area (Å²) in [5, 5.41) is 0. The fourth-order valence-electron chi connectivity index (χ4n) is 3.62. The highest BCUT2D eigenvalue weighted by Gasteiger charge is 2.28. The largest absolute Gasteiger partial charge is 0.341 e. The number of nitrogens with zero attached hydrogens (tertiary/aromatic N) is 4. The Bertz CT molecular complexity index is 911. The average Bonchev–Trinajstić information content (AvgIpc) is 3.28. The Kier molecular flexibility index (Phi) is 4.32. The van der Waals surface area contributed by atoms with Crippen molar-refractivity contribution in [3.63, 3.8) is 0 Å². The number of hydrogen-bond donors (Lipinski definition) is 1. The summed E-state index contributed by atoms with van der Waals surface area (Å²) in [5.74, 6) is 1.96. The molecule has 2 aromatic heterocycles. The van der Waals surface area contributed by atoms with Crippen LogP contribution in [0.1, 0.15) is 23.8 Å². The van der Waals surface area contributed by atoms with Gasteiger partial charge in [0.25, 0.3) is 0 Å². The van der Waals surface area contributed by atoms with Gasteiger partial charge in [-0.05, 0) is 25.3 Å². The highest BCUT2D eigenvalue weighted by atomic mass is 16.2. The minimum Gasteiger partial charge on any atom is -0.341 e. The molecule has 1 N–H and O–H groups in total. The molecule has 1 aliphatic rings. The van der Waals surface area contributed by atoms with Gasteiger partial charge in [0.15, 0.2) is 0 Å². The molecular weight excluding hydrogens is 326 g/mol. The summed E-state index contributed by atoms with van der Waals surface area (Å²) in [7, 11) is 1.85. The minimum absolute atomic E-state index is 0.00366. The van der Waals surface area contributed by atoms with Crippen molar-refractivity contribution in [3.8, 4) is 11.3 Å². The Labute approximate surface area is 152 Å². The van der Waals surface area contributed by atoms with Crippen molar-refractivity contribution in [2.45, 2.75) is 32.9 Å². The quantitative estimate of drug-likeness (QED) is 0.788. The molecule has 1 unspecified atom stereocenters. The van der Waals surface area contributed by atoms with E-state index in [1.807, 2.05) is 56.7 Å². The Morgan fingerprint density at radius 1 is 1.27 bits per heavy atom. The lowest BCUT2D eigenvalue weighted by molar-refractivity contribution is -0.135. The van der Waals surface area contributed by atoms with Crippen LogP contribution in [0.15, 0.2) is 42.7 Å². The number of amides is 1. The average molecular weight is 349 g/mol. The summed E-state index contributed by atoms with van der Waals surface area (Å²) >= 11 is 0. The Hall–Kier alpha value is -2.89. The van der Waals surface area contributed by atoms with Gasteiger partial charge in [-0.25, -0.2) is 9.97 Å². The highest BCUT2D eigenvalue weighted by Crippen LogP contribution is 2.23. The van der Waals surface area contributed by atoms with Gasteiger partial charge in [0.05, 0.1) is 24.4 Å². The number of nitrogens with one attached hydrogen (secondary N) is 1. The maximum Gasteiger partial charge on any atom is 0.227 e. The number of imidazole rings is 2. The molecule has 0 saturated carbocycles. The zero-order valence-electron chi connectivity index (χ0n) is 15.1. The summed E-state index contributed by atoms with van der Waals surface area (Å²) in [5.41, 5.74) is 3.29. The van der Waals surface area contributed by atoms with E-state index in [4.69, 9.17) is 0 Å². The summed E-state index contributed by atoms with van der Waals surface area (Å²) in [6.07, 6.45) is 5.53. The number of aryl methyl sites for hydroxylation is 2. The van der Waals surface area contributed by atoms with Gasteiger partial charge in [-0.2, -0.15) is 0 Å². The molecule has 6 heteroatoms.